The number of para-hydroxylation sites is 1. The van der Waals surface area contributed by atoms with Crippen LogP contribution in [0.2, 0.25) is 5.02 Å². The Morgan fingerprint density at radius 1 is 1.15 bits per heavy atom. The summed E-state index contributed by atoms with van der Waals surface area (Å²) < 4.78 is 1.99. The topological polar surface area (TPSA) is 34.0 Å². The number of rotatable bonds is 2. The average Bonchev–Trinajstić information content (AvgIpc) is 2.82. The third kappa shape index (κ3) is 2.28. The molecule has 1 amide bonds. The van der Waals surface area contributed by atoms with Crippen molar-refractivity contribution >= 4 is 34.1 Å². The van der Waals surface area contributed by atoms with Crippen molar-refractivity contribution in [2.24, 2.45) is 7.05 Å². The summed E-state index contributed by atoms with van der Waals surface area (Å²) in [6, 6.07) is 14.8. The van der Waals surface area contributed by atoms with Gasteiger partial charge in [-0.25, -0.2) is 0 Å². The number of nitrogens with zero attached hydrogens (tertiary/aromatic N) is 1. The fourth-order valence-electron chi connectivity index (χ4n) is 2.16. The molecule has 3 nitrogen and oxygen atoms in total. The van der Waals surface area contributed by atoms with Crippen LogP contribution < -0.4 is 5.32 Å². The molecule has 20 heavy (non-hydrogen) atoms. The second-order valence-corrected chi connectivity index (χ2v) is 5.04. The Balaban J connectivity index is 1.92. The second kappa shape index (κ2) is 5.02. The van der Waals surface area contributed by atoms with E-state index in [-0.39, 0.29) is 5.91 Å². The molecule has 0 unspecified atom stereocenters. The second-order valence-electron chi connectivity index (χ2n) is 4.63. The lowest BCUT2D eigenvalue weighted by atomic mass is 10.1. The zero-order chi connectivity index (χ0) is 14.1. The molecule has 0 saturated carbocycles. The Bertz CT molecular complexity index is 792. The van der Waals surface area contributed by atoms with E-state index in [1.807, 2.05) is 54.2 Å². The first-order valence-electron chi connectivity index (χ1n) is 6.26. The Labute approximate surface area is 121 Å². The van der Waals surface area contributed by atoms with Crippen LogP contribution in [-0.2, 0) is 7.05 Å². The quantitative estimate of drug-likeness (QED) is 0.756. The molecule has 1 heterocycles. The third-order valence-corrected chi connectivity index (χ3v) is 3.60. The summed E-state index contributed by atoms with van der Waals surface area (Å²) in [6.07, 6.45) is 1.97. The van der Waals surface area contributed by atoms with Gasteiger partial charge in [0.25, 0.3) is 5.91 Å². The number of amides is 1. The van der Waals surface area contributed by atoms with E-state index in [2.05, 4.69) is 5.32 Å². The number of aryl methyl sites for hydroxylation is 1. The van der Waals surface area contributed by atoms with Crippen LogP contribution in [0.25, 0.3) is 10.9 Å². The molecule has 0 aliphatic carbocycles. The SMILES string of the molecule is Cn1ccc2ccc(C(=O)Nc3ccccc3Cl)cc21. The van der Waals surface area contributed by atoms with Crippen molar-refractivity contribution in [1.29, 1.82) is 0 Å². The average molecular weight is 285 g/mol. The highest BCUT2D eigenvalue weighted by atomic mass is 35.5. The zero-order valence-corrected chi connectivity index (χ0v) is 11.7. The third-order valence-electron chi connectivity index (χ3n) is 3.27. The van der Waals surface area contributed by atoms with Crippen LogP contribution in [0.4, 0.5) is 5.69 Å². The highest BCUT2D eigenvalue weighted by molar-refractivity contribution is 6.33. The number of anilines is 1. The number of nitrogens with one attached hydrogen (secondary N) is 1. The molecule has 0 bridgehead atoms. The molecule has 0 aliphatic heterocycles. The number of halogens is 1. The lowest BCUT2D eigenvalue weighted by molar-refractivity contribution is 0.102. The molecule has 1 aromatic heterocycles. The molecule has 0 atom stereocenters. The standard InChI is InChI=1S/C16H13ClN2O/c1-19-9-8-11-6-7-12(10-15(11)19)16(20)18-14-5-3-2-4-13(14)17/h2-10H,1H3,(H,18,20). The summed E-state index contributed by atoms with van der Waals surface area (Å²) in [5, 5.41) is 4.46. The first-order valence-corrected chi connectivity index (χ1v) is 6.64. The van der Waals surface area contributed by atoms with Gasteiger partial charge < -0.3 is 9.88 Å². The lowest BCUT2D eigenvalue weighted by Crippen LogP contribution is -2.12. The number of benzene rings is 2. The molecule has 0 radical (unpaired) electrons. The van der Waals surface area contributed by atoms with Gasteiger partial charge in [-0.1, -0.05) is 29.8 Å². The summed E-state index contributed by atoms with van der Waals surface area (Å²) in [6.45, 7) is 0. The lowest BCUT2D eigenvalue weighted by Gasteiger charge is -2.07. The summed E-state index contributed by atoms with van der Waals surface area (Å²) in [5.41, 5.74) is 2.25. The molecular weight excluding hydrogens is 272 g/mol. The molecule has 1 N–H and O–H groups in total. The van der Waals surface area contributed by atoms with E-state index in [0.717, 1.165) is 10.9 Å². The maximum Gasteiger partial charge on any atom is 0.255 e. The van der Waals surface area contributed by atoms with Crippen molar-refractivity contribution in [1.82, 2.24) is 4.57 Å². The summed E-state index contributed by atoms with van der Waals surface area (Å²) in [7, 11) is 1.96. The van der Waals surface area contributed by atoms with Gasteiger partial charge >= 0.3 is 0 Å². The summed E-state index contributed by atoms with van der Waals surface area (Å²) in [4.78, 5) is 12.3. The minimum Gasteiger partial charge on any atom is -0.351 e. The minimum absolute atomic E-state index is 0.166. The van der Waals surface area contributed by atoms with Crippen LogP contribution in [-0.4, -0.2) is 10.5 Å². The molecular formula is C16H13ClN2O. The van der Waals surface area contributed by atoms with Gasteiger partial charge in [0.2, 0.25) is 0 Å². The van der Waals surface area contributed by atoms with Crippen molar-refractivity contribution in [2.75, 3.05) is 5.32 Å². The number of carbonyl (C=O) groups excluding carboxylic acids is 1. The van der Waals surface area contributed by atoms with Gasteiger partial charge in [-0.05, 0) is 35.7 Å². The number of hydrogen-bond acceptors (Lipinski definition) is 1. The van der Waals surface area contributed by atoms with Crippen molar-refractivity contribution in [3.8, 4) is 0 Å². The molecule has 0 aliphatic rings. The van der Waals surface area contributed by atoms with E-state index in [4.69, 9.17) is 11.6 Å². The van der Waals surface area contributed by atoms with Gasteiger partial charge in [-0.2, -0.15) is 0 Å². The van der Waals surface area contributed by atoms with Crippen molar-refractivity contribution in [3.05, 3.63) is 65.3 Å². The van der Waals surface area contributed by atoms with E-state index in [9.17, 15) is 4.79 Å². The fraction of sp³-hybridized carbons (Fsp3) is 0.0625. The van der Waals surface area contributed by atoms with Gasteiger partial charge in [-0.15, -0.1) is 0 Å². The van der Waals surface area contributed by atoms with Gasteiger partial charge in [-0.3, -0.25) is 4.79 Å². The van der Waals surface area contributed by atoms with Crippen LogP contribution in [0, 0.1) is 0 Å². The Hall–Kier alpha value is -2.26. The fourth-order valence-corrected chi connectivity index (χ4v) is 2.34. The molecule has 2 aromatic carbocycles. The van der Waals surface area contributed by atoms with E-state index in [1.165, 1.54) is 0 Å². The molecule has 0 saturated heterocycles. The van der Waals surface area contributed by atoms with Crippen molar-refractivity contribution in [3.63, 3.8) is 0 Å². The van der Waals surface area contributed by atoms with E-state index >= 15 is 0 Å². The zero-order valence-electron chi connectivity index (χ0n) is 10.9. The maximum atomic E-state index is 12.3. The Morgan fingerprint density at radius 2 is 1.95 bits per heavy atom. The van der Waals surface area contributed by atoms with Gasteiger partial charge in [0.15, 0.2) is 0 Å². The first-order chi connectivity index (χ1) is 9.65. The van der Waals surface area contributed by atoms with E-state index in [1.54, 1.807) is 12.1 Å². The number of carbonyl (C=O) groups is 1. The number of aromatic nitrogens is 1. The monoisotopic (exact) mass is 284 g/mol. The molecule has 0 fully saturated rings. The van der Waals surface area contributed by atoms with Crippen LogP contribution in [0.3, 0.4) is 0 Å². The van der Waals surface area contributed by atoms with Crippen LogP contribution in [0.15, 0.2) is 54.7 Å². The smallest absolute Gasteiger partial charge is 0.255 e. The van der Waals surface area contributed by atoms with Gasteiger partial charge in [0.1, 0.15) is 0 Å². The van der Waals surface area contributed by atoms with Crippen LogP contribution >= 0.6 is 11.6 Å². The molecule has 100 valence electrons. The summed E-state index contributed by atoms with van der Waals surface area (Å²) in [5.74, 6) is -0.166. The normalized spacial score (nSPS) is 10.7. The molecule has 3 aromatic rings. The highest BCUT2D eigenvalue weighted by Crippen LogP contribution is 2.22. The van der Waals surface area contributed by atoms with Crippen LogP contribution in [0.5, 0.6) is 0 Å². The Morgan fingerprint density at radius 3 is 2.75 bits per heavy atom. The highest BCUT2D eigenvalue weighted by Gasteiger charge is 2.09. The predicted octanol–water partition coefficient (Wildman–Crippen LogP) is 4.08. The maximum absolute atomic E-state index is 12.3. The number of fused-ring (bicyclic) bond motifs is 1. The van der Waals surface area contributed by atoms with Crippen LogP contribution in [0.1, 0.15) is 10.4 Å². The summed E-state index contributed by atoms with van der Waals surface area (Å²) >= 11 is 6.04. The van der Waals surface area contributed by atoms with Crippen molar-refractivity contribution in [2.45, 2.75) is 0 Å². The Kier molecular flexibility index (Phi) is 3.20. The largest absolute Gasteiger partial charge is 0.351 e. The molecule has 0 spiro atoms. The van der Waals surface area contributed by atoms with E-state index in [0.29, 0.717) is 16.3 Å². The van der Waals surface area contributed by atoms with E-state index < -0.39 is 0 Å². The van der Waals surface area contributed by atoms with Crippen molar-refractivity contribution < 1.29 is 4.79 Å². The number of hydrogen-bond donors (Lipinski definition) is 1. The molecule has 4 heteroatoms. The van der Waals surface area contributed by atoms with Gasteiger partial charge in [0.05, 0.1) is 10.7 Å². The first kappa shape index (κ1) is 12.8. The predicted molar refractivity (Wildman–Crippen MR) is 82.3 cm³/mol. The minimum atomic E-state index is -0.166. The molecule has 3 rings (SSSR count). The van der Waals surface area contributed by atoms with Gasteiger partial charge in [0, 0.05) is 24.3 Å².